The highest BCUT2D eigenvalue weighted by Gasteiger charge is 2.29. The Bertz CT molecular complexity index is 389. The molecule has 0 N–H and O–H groups in total. The van der Waals surface area contributed by atoms with Crippen LogP contribution in [-0.4, -0.2) is 11.9 Å². The van der Waals surface area contributed by atoms with Gasteiger partial charge in [-0.05, 0) is 39.5 Å². The zero-order chi connectivity index (χ0) is 13.7. The summed E-state index contributed by atoms with van der Waals surface area (Å²) in [5.41, 5.74) is 2.20. The Kier molecular flexibility index (Phi) is 5.13. The van der Waals surface area contributed by atoms with Gasteiger partial charge in [-0.25, -0.2) is 0 Å². The van der Waals surface area contributed by atoms with E-state index >= 15 is 0 Å². The van der Waals surface area contributed by atoms with Gasteiger partial charge in [-0.15, -0.1) is 0 Å². The molecular formula is C14H18O4-2. The van der Waals surface area contributed by atoms with Crippen LogP contribution in [0.25, 0.3) is 0 Å². The van der Waals surface area contributed by atoms with Gasteiger partial charge in [0.25, 0.3) is 0 Å². The van der Waals surface area contributed by atoms with Gasteiger partial charge in [0.15, 0.2) is 0 Å². The fraction of sp³-hybridized carbons (Fsp3) is 0.571. The first-order valence-electron chi connectivity index (χ1n) is 6.14. The number of allylic oxidation sites excluding steroid dienone is 4. The largest absolute Gasteiger partial charge is 0.550 e. The van der Waals surface area contributed by atoms with Gasteiger partial charge in [-0.2, -0.15) is 0 Å². The van der Waals surface area contributed by atoms with Crippen LogP contribution in [0.2, 0.25) is 0 Å². The molecule has 1 fully saturated rings. The standard InChI is InChI=1S/C14H20O4/c1-9(2)4-3-5-10-6-7-11(13(15)16)12(8-10)14(17)18/h4-5,11-12H,3,6-8H2,1-2H3,(H,15,16)(H,17,18)/p-2/b10-5+/t11-,12+/m0/s1. The van der Waals surface area contributed by atoms with Crippen molar-refractivity contribution in [2.24, 2.45) is 11.8 Å². The minimum Gasteiger partial charge on any atom is -0.550 e. The molecule has 4 nitrogen and oxygen atoms in total. The lowest BCUT2D eigenvalue weighted by atomic mass is 9.76. The summed E-state index contributed by atoms with van der Waals surface area (Å²) in [4.78, 5) is 21.8. The summed E-state index contributed by atoms with van der Waals surface area (Å²) in [6, 6.07) is 0. The molecule has 1 aliphatic rings. The van der Waals surface area contributed by atoms with Crippen LogP contribution in [0, 0.1) is 11.8 Å². The summed E-state index contributed by atoms with van der Waals surface area (Å²) >= 11 is 0. The number of carbonyl (C=O) groups is 2. The topological polar surface area (TPSA) is 80.3 Å². The zero-order valence-electron chi connectivity index (χ0n) is 10.8. The summed E-state index contributed by atoms with van der Waals surface area (Å²) < 4.78 is 0. The number of aliphatic carboxylic acids is 2. The highest BCUT2D eigenvalue weighted by atomic mass is 16.4. The molecule has 2 atom stereocenters. The molecular weight excluding hydrogens is 232 g/mol. The van der Waals surface area contributed by atoms with Crippen molar-refractivity contribution in [3.63, 3.8) is 0 Å². The minimum absolute atomic E-state index is 0.261. The first-order chi connectivity index (χ1) is 8.41. The highest BCUT2D eigenvalue weighted by molar-refractivity contribution is 5.78. The van der Waals surface area contributed by atoms with E-state index in [-0.39, 0.29) is 6.42 Å². The predicted molar refractivity (Wildman–Crippen MR) is 63.0 cm³/mol. The maximum Gasteiger partial charge on any atom is 0.0455 e. The minimum atomic E-state index is -1.29. The summed E-state index contributed by atoms with van der Waals surface area (Å²) in [6.07, 6.45) is 5.99. The van der Waals surface area contributed by atoms with E-state index in [2.05, 4.69) is 0 Å². The molecule has 0 radical (unpaired) electrons. The molecule has 1 saturated carbocycles. The number of carboxylic acids is 2. The van der Waals surface area contributed by atoms with E-state index < -0.39 is 23.8 Å². The molecule has 1 aliphatic carbocycles. The van der Waals surface area contributed by atoms with Crippen LogP contribution in [-0.2, 0) is 9.59 Å². The third-order valence-corrected chi connectivity index (χ3v) is 3.28. The van der Waals surface area contributed by atoms with Gasteiger partial charge in [-0.1, -0.05) is 23.3 Å². The normalized spacial score (nSPS) is 25.8. The molecule has 100 valence electrons. The number of rotatable bonds is 4. The van der Waals surface area contributed by atoms with E-state index in [0.717, 1.165) is 12.0 Å². The Morgan fingerprint density at radius 2 is 1.83 bits per heavy atom. The maximum absolute atomic E-state index is 11.0. The highest BCUT2D eigenvalue weighted by Crippen LogP contribution is 2.33. The molecule has 0 bridgehead atoms. The molecule has 0 saturated heterocycles. The monoisotopic (exact) mass is 250 g/mol. The molecule has 0 amide bonds. The van der Waals surface area contributed by atoms with Crippen molar-refractivity contribution in [2.45, 2.75) is 39.5 Å². The van der Waals surface area contributed by atoms with Crippen LogP contribution < -0.4 is 10.2 Å². The molecule has 0 aliphatic heterocycles. The maximum atomic E-state index is 11.0. The summed E-state index contributed by atoms with van der Waals surface area (Å²) in [5.74, 6) is -4.46. The van der Waals surface area contributed by atoms with E-state index in [1.54, 1.807) is 0 Å². The van der Waals surface area contributed by atoms with Crippen LogP contribution in [0.4, 0.5) is 0 Å². The molecule has 18 heavy (non-hydrogen) atoms. The van der Waals surface area contributed by atoms with Gasteiger partial charge in [0.1, 0.15) is 0 Å². The SMILES string of the molecule is CC(C)=CC/C=C1\CC[C@H](C(=O)[O-])[C@H](C(=O)[O-])C1. The van der Waals surface area contributed by atoms with E-state index in [1.807, 2.05) is 26.0 Å². The third-order valence-electron chi connectivity index (χ3n) is 3.28. The molecule has 0 heterocycles. The fourth-order valence-corrected chi connectivity index (χ4v) is 2.25. The first-order valence-corrected chi connectivity index (χ1v) is 6.14. The average molecular weight is 250 g/mol. The van der Waals surface area contributed by atoms with Crippen LogP contribution in [0.15, 0.2) is 23.3 Å². The Labute approximate surface area is 107 Å². The molecule has 0 unspecified atom stereocenters. The fourth-order valence-electron chi connectivity index (χ4n) is 2.25. The van der Waals surface area contributed by atoms with Crippen molar-refractivity contribution < 1.29 is 19.8 Å². The van der Waals surface area contributed by atoms with Crippen molar-refractivity contribution in [2.75, 3.05) is 0 Å². The van der Waals surface area contributed by atoms with E-state index in [0.29, 0.717) is 12.8 Å². The number of hydrogen-bond donors (Lipinski definition) is 0. The van der Waals surface area contributed by atoms with E-state index in [1.165, 1.54) is 5.57 Å². The lowest BCUT2D eigenvalue weighted by molar-refractivity contribution is -0.327. The van der Waals surface area contributed by atoms with Crippen molar-refractivity contribution in [1.29, 1.82) is 0 Å². The molecule has 1 rings (SSSR count). The average Bonchev–Trinajstić information content (AvgIpc) is 2.28. The van der Waals surface area contributed by atoms with Gasteiger partial charge in [0.2, 0.25) is 0 Å². The van der Waals surface area contributed by atoms with Crippen molar-refractivity contribution in [1.82, 2.24) is 0 Å². The molecule has 0 aromatic carbocycles. The second kappa shape index (κ2) is 6.38. The van der Waals surface area contributed by atoms with Gasteiger partial charge in [-0.3, -0.25) is 0 Å². The number of carboxylic acid groups (broad SMARTS) is 2. The zero-order valence-corrected chi connectivity index (χ0v) is 10.8. The van der Waals surface area contributed by atoms with Gasteiger partial charge in [0.05, 0.1) is 0 Å². The third kappa shape index (κ3) is 4.02. The Hall–Kier alpha value is -1.58. The first kappa shape index (κ1) is 14.5. The molecule has 4 heteroatoms. The van der Waals surface area contributed by atoms with Gasteiger partial charge < -0.3 is 19.8 Å². The van der Waals surface area contributed by atoms with Crippen molar-refractivity contribution in [3.05, 3.63) is 23.3 Å². The predicted octanol–water partition coefficient (Wildman–Crippen LogP) is 0.185. The van der Waals surface area contributed by atoms with Gasteiger partial charge in [0, 0.05) is 23.8 Å². The molecule has 0 aromatic rings. The lowest BCUT2D eigenvalue weighted by Gasteiger charge is -2.34. The summed E-state index contributed by atoms with van der Waals surface area (Å²) in [6.45, 7) is 3.99. The van der Waals surface area contributed by atoms with E-state index in [9.17, 15) is 19.8 Å². The smallest absolute Gasteiger partial charge is 0.0455 e. The van der Waals surface area contributed by atoms with Gasteiger partial charge >= 0.3 is 0 Å². The lowest BCUT2D eigenvalue weighted by Crippen LogP contribution is -2.45. The summed E-state index contributed by atoms with van der Waals surface area (Å²) in [5, 5.41) is 21.8. The second-order valence-corrected chi connectivity index (χ2v) is 4.97. The molecule has 0 spiro atoms. The molecule has 0 aromatic heterocycles. The number of carbonyl (C=O) groups excluding carboxylic acids is 2. The van der Waals surface area contributed by atoms with Crippen LogP contribution in [0.3, 0.4) is 0 Å². The van der Waals surface area contributed by atoms with Crippen LogP contribution >= 0.6 is 0 Å². The number of hydrogen-bond acceptors (Lipinski definition) is 4. The Morgan fingerprint density at radius 1 is 1.22 bits per heavy atom. The van der Waals surface area contributed by atoms with Crippen molar-refractivity contribution in [3.8, 4) is 0 Å². The second-order valence-electron chi connectivity index (χ2n) is 4.97. The van der Waals surface area contributed by atoms with Crippen LogP contribution in [0.1, 0.15) is 39.5 Å². The Morgan fingerprint density at radius 3 is 2.33 bits per heavy atom. The van der Waals surface area contributed by atoms with Crippen molar-refractivity contribution >= 4 is 11.9 Å². The summed E-state index contributed by atoms with van der Waals surface area (Å²) in [7, 11) is 0. The van der Waals surface area contributed by atoms with Crippen LogP contribution in [0.5, 0.6) is 0 Å². The quantitative estimate of drug-likeness (QED) is 0.667. The Balaban J connectivity index is 2.71. The van der Waals surface area contributed by atoms with E-state index in [4.69, 9.17) is 0 Å².